The Balaban J connectivity index is 1.67. The van der Waals surface area contributed by atoms with Gasteiger partial charge in [0.05, 0.1) is 27.9 Å². The molecule has 0 bridgehead atoms. The molecule has 0 saturated heterocycles. The highest BCUT2D eigenvalue weighted by Gasteiger charge is 2.34. The van der Waals surface area contributed by atoms with Crippen LogP contribution < -0.4 is 14.9 Å². The van der Waals surface area contributed by atoms with Crippen LogP contribution in [0.1, 0.15) is 24.3 Å². The number of carbonyl (C=O) groups excluding carboxylic acids is 1. The van der Waals surface area contributed by atoms with Crippen LogP contribution in [-0.4, -0.2) is 17.6 Å². The van der Waals surface area contributed by atoms with Crippen LogP contribution in [0.4, 0.5) is 0 Å². The lowest BCUT2D eigenvalue weighted by molar-refractivity contribution is -0.136. The summed E-state index contributed by atoms with van der Waals surface area (Å²) in [5.41, 5.74) is 1.60. The van der Waals surface area contributed by atoms with Crippen molar-refractivity contribution in [3.8, 4) is 11.3 Å². The predicted octanol–water partition coefficient (Wildman–Crippen LogP) is 5.63. The van der Waals surface area contributed by atoms with Gasteiger partial charge in [-0.05, 0) is 48.9 Å². The number of esters is 1. The Morgan fingerprint density at radius 3 is 2.64 bits per heavy atom. The smallest absolute Gasteiger partial charge is 0.338 e. The number of rotatable bonds is 4. The SMILES string of the molecule is COC(=O)C1=C(C)N=c2s/c(=C/c3ccc(-c4cc(Cl)ccc4Cl)o3)c(=O)n2[C@@H]1c1ccccc1Cl. The Hall–Kier alpha value is -3.10. The van der Waals surface area contributed by atoms with E-state index in [1.807, 2.05) is 0 Å². The van der Waals surface area contributed by atoms with E-state index in [1.165, 1.54) is 23.0 Å². The van der Waals surface area contributed by atoms with Gasteiger partial charge >= 0.3 is 5.97 Å². The van der Waals surface area contributed by atoms with E-state index < -0.39 is 12.0 Å². The fourth-order valence-corrected chi connectivity index (χ4v) is 5.72. The Morgan fingerprint density at radius 2 is 1.89 bits per heavy atom. The fraction of sp³-hybridized carbons (Fsp3) is 0.115. The van der Waals surface area contributed by atoms with E-state index in [2.05, 4.69) is 4.99 Å². The number of allylic oxidation sites excluding steroid dienone is 1. The van der Waals surface area contributed by atoms with E-state index in [0.717, 1.165) is 0 Å². The average Bonchev–Trinajstić information content (AvgIpc) is 3.44. The highest BCUT2D eigenvalue weighted by atomic mass is 35.5. The highest BCUT2D eigenvalue weighted by Crippen LogP contribution is 2.35. The summed E-state index contributed by atoms with van der Waals surface area (Å²) < 4.78 is 12.8. The maximum absolute atomic E-state index is 13.6. The normalized spacial score (nSPS) is 15.6. The monoisotopic (exact) mass is 558 g/mol. The van der Waals surface area contributed by atoms with E-state index in [4.69, 9.17) is 44.0 Å². The predicted molar refractivity (Wildman–Crippen MR) is 141 cm³/mol. The molecule has 0 spiro atoms. The lowest BCUT2D eigenvalue weighted by atomic mass is 9.96. The summed E-state index contributed by atoms with van der Waals surface area (Å²) in [4.78, 5) is 31.3. The van der Waals surface area contributed by atoms with Crippen LogP contribution in [0.15, 0.2) is 80.1 Å². The first-order chi connectivity index (χ1) is 17.3. The molecule has 182 valence electrons. The number of thiazole rings is 1. The number of carbonyl (C=O) groups is 1. The summed E-state index contributed by atoms with van der Waals surface area (Å²) in [5.74, 6) is 0.383. The molecular formula is C26H17Cl3N2O4S. The Labute approximate surface area is 224 Å². The van der Waals surface area contributed by atoms with E-state index in [-0.39, 0.29) is 11.1 Å². The molecular weight excluding hydrogens is 543 g/mol. The van der Waals surface area contributed by atoms with Gasteiger partial charge in [-0.15, -0.1) is 0 Å². The largest absolute Gasteiger partial charge is 0.466 e. The second-order valence-corrected chi connectivity index (χ2v) is 10.2. The van der Waals surface area contributed by atoms with Crippen molar-refractivity contribution < 1.29 is 13.9 Å². The van der Waals surface area contributed by atoms with Gasteiger partial charge in [0.2, 0.25) is 0 Å². The number of hydrogen-bond donors (Lipinski definition) is 0. The van der Waals surface area contributed by atoms with E-state index in [0.29, 0.717) is 52.7 Å². The number of hydrogen-bond acceptors (Lipinski definition) is 6. The minimum Gasteiger partial charge on any atom is -0.466 e. The summed E-state index contributed by atoms with van der Waals surface area (Å²) in [6.45, 7) is 1.71. The van der Waals surface area contributed by atoms with Crippen molar-refractivity contribution in [3.05, 3.63) is 112 Å². The molecule has 2 aromatic carbocycles. The quantitative estimate of drug-likeness (QED) is 0.304. The van der Waals surface area contributed by atoms with Gasteiger partial charge in [-0.3, -0.25) is 9.36 Å². The third kappa shape index (κ3) is 4.33. The molecule has 0 N–H and O–H groups in total. The maximum Gasteiger partial charge on any atom is 0.338 e. The number of nitrogens with zero attached hydrogens (tertiary/aromatic N) is 2. The zero-order valence-corrected chi connectivity index (χ0v) is 22.0. The molecule has 0 aliphatic carbocycles. The third-order valence-corrected chi connectivity index (χ3v) is 7.61. The molecule has 1 aliphatic heterocycles. The number of methoxy groups -OCH3 is 1. The molecule has 1 aliphatic rings. The van der Waals surface area contributed by atoms with Gasteiger partial charge in [0.25, 0.3) is 5.56 Å². The molecule has 0 saturated carbocycles. The van der Waals surface area contributed by atoms with Crippen LogP contribution >= 0.6 is 46.1 Å². The van der Waals surface area contributed by atoms with Crippen molar-refractivity contribution in [3.63, 3.8) is 0 Å². The molecule has 36 heavy (non-hydrogen) atoms. The van der Waals surface area contributed by atoms with Gasteiger partial charge in [0.15, 0.2) is 4.80 Å². The summed E-state index contributed by atoms with van der Waals surface area (Å²) >= 11 is 20.1. The Kier molecular flexibility index (Phi) is 6.66. The number of aromatic nitrogens is 1. The van der Waals surface area contributed by atoms with Crippen molar-refractivity contribution >= 4 is 58.2 Å². The molecule has 5 rings (SSSR count). The number of ether oxygens (including phenoxy) is 1. The zero-order chi connectivity index (χ0) is 25.6. The van der Waals surface area contributed by atoms with Gasteiger partial charge in [-0.1, -0.05) is 64.3 Å². The first kappa shape index (κ1) is 24.6. The van der Waals surface area contributed by atoms with Crippen LogP contribution in [0.2, 0.25) is 15.1 Å². The molecule has 2 aromatic heterocycles. The first-order valence-electron chi connectivity index (χ1n) is 10.7. The minimum atomic E-state index is -0.790. The van der Waals surface area contributed by atoms with Gasteiger partial charge in [0, 0.05) is 21.7 Å². The Bertz CT molecular complexity index is 1730. The van der Waals surface area contributed by atoms with E-state index in [1.54, 1.807) is 67.6 Å². The summed E-state index contributed by atoms with van der Waals surface area (Å²) in [6, 6.07) is 14.9. The number of furan rings is 1. The minimum absolute atomic E-state index is 0.250. The molecule has 0 fully saturated rings. The maximum atomic E-state index is 13.6. The van der Waals surface area contributed by atoms with Crippen LogP contribution in [0.3, 0.4) is 0 Å². The van der Waals surface area contributed by atoms with Gasteiger partial charge in [0.1, 0.15) is 17.6 Å². The molecule has 4 aromatic rings. The van der Waals surface area contributed by atoms with Crippen LogP contribution in [0.25, 0.3) is 17.4 Å². The molecule has 6 nitrogen and oxygen atoms in total. The lowest BCUT2D eigenvalue weighted by Crippen LogP contribution is -2.39. The molecule has 0 amide bonds. The Morgan fingerprint density at radius 1 is 1.11 bits per heavy atom. The van der Waals surface area contributed by atoms with E-state index in [9.17, 15) is 9.59 Å². The van der Waals surface area contributed by atoms with Gasteiger partial charge < -0.3 is 9.15 Å². The topological polar surface area (TPSA) is 73.8 Å². The number of benzene rings is 2. The summed E-state index contributed by atoms with van der Waals surface area (Å²) in [5, 5.41) is 1.43. The zero-order valence-electron chi connectivity index (χ0n) is 18.9. The standard InChI is InChI=1S/C26H17Cl3N2O4S/c1-13-22(25(33)34-2)23(16-5-3-4-6-18(16)28)31-24(32)21(36-26(31)30-13)12-15-8-10-20(35-15)17-11-14(27)7-9-19(17)29/h3-12,23H,1-2H3/b21-12+/t23-/m1/s1. The number of halogens is 3. The molecule has 10 heteroatoms. The lowest BCUT2D eigenvalue weighted by Gasteiger charge is -2.25. The van der Waals surface area contributed by atoms with Crippen molar-refractivity contribution in [2.45, 2.75) is 13.0 Å². The van der Waals surface area contributed by atoms with Crippen molar-refractivity contribution in [2.24, 2.45) is 4.99 Å². The third-order valence-electron chi connectivity index (χ3n) is 5.72. The van der Waals surface area contributed by atoms with Crippen LogP contribution in [0, 0.1) is 0 Å². The van der Waals surface area contributed by atoms with E-state index >= 15 is 0 Å². The fourth-order valence-electron chi connectivity index (χ4n) is 4.07. The van der Waals surface area contributed by atoms with Crippen molar-refractivity contribution in [1.82, 2.24) is 4.57 Å². The molecule has 1 atom stereocenters. The average molecular weight is 560 g/mol. The van der Waals surface area contributed by atoms with Gasteiger partial charge in [-0.2, -0.15) is 0 Å². The summed E-state index contributed by atoms with van der Waals surface area (Å²) in [6.07, 6.45) is 1.63. The van der Waals surface area contributed by atoms with Crippen LogP contribution in [-0.2, 0) is 9.53 Å². The molecule has 0 radical (unpaired) electrons. The van der Waals surface area contributed by atoms with Crippen molar-refractivity contribution in [2.75, 3.05) is 7.11 Å². The van der Waals surface area contributed by atoms with Crippen LogP contribution in [0.5, 0.6) is 0 Å². The van der Waals surface area contributed by atoms with Gasteiger partial charge in [-0.25, -0.2) is 9.79 Å². The number of fused-ring (bicyclic) bond motifs is 1. The molecule has 3 heterocycles. The second kappa shape index (κ2) is 9.75. The molecule has 0 unspecified atom stereocenters. The second-order valence-electron chi connectivity index (χ2n) is 7.92. The first-order valence-corrected chi connectivity index (χ1v) is 12.6. The summed E-state index contributed by atoms with van der Waals surface area (Å²) in [7, 11) is 1.29. The highest BCUT2D eigenvalue weighted by molar-refractivity contribution is 7.07. The van der Waals surface area contributed by atoms with Crippen molar-refractivity contribution in [1.29, 1.82) is 0 Å².